The zero-order chi connectivity index (χ0) is 38.7. The summed E-state index contributed by atoms with van der Waals surface area (Å²) in [6, 6.07) is 42.5. The number of hydrogen-bond acceptors (Lipinski definition) is 12. The zero-order valence-electron chi connectivity index (χ0n) is 31.2. The molecule has 14 nitrogen and oxygen atoms in total. The third-order valence-corrected chi connectivity index (χ3v) is 6.85. The zero-order valence-corrected chi connectivity index (χ0v) is 31.2. The molecule has 0 unspecified atom stereocenters. The number of nitrogens with zero attached hydrogens (tertiary/aromatic N) is 10. The van der Waals surface area contributed by atoms with E-state index in [-0.39, 0.29) is 5.48 Å². The molecule has 5 N–H and O–H groups in total. The summed E-state index contributed by atoms with van der Waals surface area (Å²) in [5, 5.41) is 28.9. The quantitative estimate of drug-likeness (QED) is 0.176. The second-order valence-electron chi connectivity index (χ2n) is 12.4. The first-order valence-electron chi connectivity index (χ1n) is 17.2. The second-order valence-corrected chi connectivity index (χ2v) is 12.4. The van der Waals surface area contributed by atoms with Crippen LogP contribution in [0.15, 0.2) is 170 Å². The number of para-hydroxylation sites is 1. The van der Waals surface area contributed by atoms with Crippen LogP contribution in [-0.2, 0) is 0 Å². The second kappa shape index (κ2) is 21.3. The Bertz CT molecular complexity index is 2180. The lowest BCUT2D eigenvalue weighted by molar-refractivity contribution is -0.490. The largest absolute Gasteiger partial charge is 0.412 e. The lowest BCUT2D eigenvalue weighted by Gasteiger charge is -2.17. The van der Waals surface area contributed by atoms with Crippen LogP contribution < -0.4 is 10.9 Å². The summed E-state index contributed by atoms with van der Waals surface area (Å²) in [7, 11) is 0. The van der Waals surface area contributed by atoms with Gasteiger partial charge in [0, 0.05) is 24.8 Å². The molecule has 1 aliphatic heterocycles. The average Bonchev–Trinajstić information content (AvgIpc) is 3.25. The van der Waals surface area contributed by atoms with Gasteiger partial charge in [0.25, 0.3) is 0 Å². The standard InChI is InChI=1S/C18H14N6.C12H8N6.C8H8.C4H10O.H2O/c1-2-8-14(9-3-1)24-18(16-11-5-7-13-20-16)22-21-17(23-24)15-10-4-6-12-19-15;1-3-7-13-9(5-1)11-15-17-12(18-16-11)10-6-2-4-8-14-10;1-2-8-6-4-3-5-7-8;1-4(2,3)5;/h1-13H,(H,20,21,23);1-8H;2-7H,1H2;5H,1-3H3;1H2/p+1. The van der Waals surface area contributed by atoms with Gasteiger partial charge in [-0.05, 0) is 87.0 Å². The van der Waals surface area contributed by atoms with Crippen molar-refractivity contribution in [2.24, 2.45) is 5.10 Å². The van der Waals surface area contributed by atoms with Crippen molar-refractivity contribution in [3.8, 4) is 23.0 Å². The fourth-order valence-electron chi connectivity index (χ4n) is 4.42. The number of pyridine rings is 4. The monoisotopic (exact) mass is 747 g/mol. The van der Waals surface area contributed by atoms with Crippen LogP contribution in [0.2, 0.25) is 0 Å². The van der Waals surface area contributed by atoms with Gasteiger partial charge in [-0.3, -0.25) is 15.0 Å². The smallest absolute Gasteiger partial charge is 0.350 e. The molecule has 0 spiro atoms. The number of hydrazone groups is 2. The number of amidine groups is 2. The van der Waals surface area contributed by atoms with Crippen LogP contribution in [0.1, 0.15) is 37.7 Å². The molecule has 14 heteroatoms. The highest BCUT2D eigenvalue weighted by Crippen LogP contribution is 2.14. The summed E-state index contributed by atoms with van der Waals surface area (Å²) in [4.78, 5) is 17.0. The molecule has 282 valence electrons. The van der Waals surface area contributed by atoms with Crippen molar-refractivity contribution in [2.75, 3.05) is 0 Å². The molecule has 0 fully saturated rings. The van der Waals surface area contributed by atoms with E-state index < -0.39 is 5.60 Å². The summed E-state index contributed by atoms with van der Waals surface area (Å²) in [6.07, 6.45) is 8.67. The van der Waals surface area contributed by atoms with Crippen LogP contribution in [0, 0.1) is 0 Å². The molecule has 6 heterocycles. The van der Waals surface area contributed by atoms with Gasteiger partial charge in [0.1, 0.15) is 17.1 Å². The first-order chi connectivity index (χ1) is 26.8. The number of hydrazine groups is 1. The summed E-state index contributed by atoms with van der Waals surface area (Å²) < 4.78 is 1.92. The lowest BCUT2D eigenvalue weighted by Crippen LogP contribution is -2.47. The van der Waals surface area contributed by atoms with E-state index in [1.807, 2.05) is 132 Å². The third-order valence-electron chi connectivity index (χ3n) is 6.85. The van der Waals surface area contributed by atoms with Crippen molar-refractivity contribution < 1.29 is 15.3 Å². The summed E-state index contributed by atoms with van der Waals surface area (Å²) in [5.74, 6) is 2.19. The molecule has 5 aromatic heterocycles. The van der Waals surface area contributed by atoms with Crippen molar-refractivity contribution in [2.45, 2.75) is 26.4 Å². The molecule has 0 bridgehead atoms. The maximum absolute atomic E-state index is 8.52. The van der Waals surface area contributed by atoms with Crippen LogP contribution in [0.4, 0.5) is 5.69 Å². The van der Waals surface area contributed by atoms with Crippen molar-refractivity contribution in [1.82, 2.24) is 51.2 Å². The summed E-state index contributed by atoms with van der Waals surface area (Å²) >= 11 is 0. The maximum Gasteiger partial charge on any atom is 0.350 e. The molecule has 0 atom stereocenters. The molecule has 0 radical (unpaired) electrons. The Labute approximate surface area is 325 Å². The minimum Gasteiger partial charge on any atom is -0.412 e. The fraction of sp³-hybridized carbons (Fsp3) is 0.0952. The number of benzene rings is 2. The van der Waals surface area contributed by atoms with E-state index in [9.17, 15) is 0 Å². The van der Waals surface area contributed by atoms with Crippen LogP contribution in [0.3, 0.4) is 0 Å². The Morgan fingerprint density at radius 3 is 1.34 bits per heavy atom. The highest BCUT2D eigenvalue weighted by atomic mass is 16.3. The number of aromatic nitrogens is 8. The van der Waals surface area contributed by atoms with Crippen LogP contribution in [-0.4, -0.2) is 72.9 Å². The van der Waals surface area contributed by atoms with E-state index in [4.69, 9.17) is 5.11 Å². The molecule has 0 saturated carbocycles. The van der Waals surface area contributed by atoms with Crippen LogP contribution >= 0.6 is 0 Å². The lowest BCUT2D eigenvalue weighted by atomic mass is 10.2. The molecule has 1 aliphatic rings. The van der Waals surface area contributed by atoms with Gasteiger partial charge in [-0.1, -0.05) is 90.6 Å². The van der Waals surface area contributed by atoms with E-state index in [1.54, 1.807) is 57.7 Å². The molecule has 0 aliphatic carbocycles. The van der Waals surface area contributed by atoms with Gasteiger partial charge < -0.3 is 10.6 Å². The van der Waals surface area contributed by atoms with Crippen molar-refractivity contribution >= 4 is 23.4 Å². The van der Waals surface area contributed by atoms with Gasteiger partial charge in [-0.2, -0.15) is 5.43 Å². The Morgan fingerprint density at radius 1 is 0.554 bits per heavy atom. The molecule has 0 saturated heterocycles. The first kappa shape index (κ1) is 41.3. The highest BCUT2D eigenvalue weighted by Gasteiger charge is 2.26. The molecule has 8 rings (SSSR count). The van der Waals surface area contributed by atoms with E-state index in [0.717, 1.165) is 22.9 Å². The third kappa shape index (κ3) is 13.2. The molecular weight excluding hydrogens is 705 g/mol. The minimum atomic E-state index is -0.500. The van der Waals surface area contributed by atoms with Gasteiger partial charge >= 0.3 is 5.84 Å². The van der Waals surface area contributed by atoms with Gasteiger partial charge in [-0.25, -0.2) is 4.98 Å². The number of nitrogens with one attached hydrogen (secondary N) is 2. The minimum absolute atomic E-state index is 0. The number of aliphatic hydroxyl groups is 1. The topological polar surface area (TPSA) is 194 Å². The van der Waals surface area contributed by atoms with Gasteiger partial charge in [-0.15, -0.1) is 30.5 Å². The number of hydrogen-bond donors (Lipinski definition) is 3. The van der Waals surface area contributed by atoms with Crippen molar-refractivity contribution in [1.29, 1.82) is 0 Å². The maximum atomic E-state index is 8.52. The summed E-state index contributed by atoms with van der Waals surface area (Å²) in [5.41, 5.74) is 10.9. The average molecular weight is 748 g/mol. The molecule has 7 aromatic rings. The molecule has 2 aromatic carbocycles. The van der Waals surface area contributed by atoms with Gasteiger partial charge in [0.15, 0.2) is 11.4 Å². The Balaban J connectivity index is 0.000000191. The molecular formula is C42H43N12O2+. The highest BCUT2D eigenvalue weighted by molar-refractivity contribution is 6.01. The van der Waals surface area contributed by atoms with E-state index >= 15 is 0 Å². The Hall–Kier alpha value is -7.42. The van der Waals surface area contributed by atoms with Gasteiger partial charge in [0.05, 0.1) is 5.60 Å². The van der Waals surface area contributed by atoms with Crippen LogP contribution in [0.5, 0.6) is 0 Å². The van der Waals surface area contributed by atoms with Crippen molar-refractivity contribution in [3.63, 3.8) is 0 Å². The normalized spacial score (nSPS) is 11.5. The summed E-state index contributed by atoms with van der Waals surface area (Å²) in [6.45, 7) is 8.86. The van der Waals surface area contributed by atoms with E-state index in [0.29, 0.717) is 28.9 Å². The molecule has 56 heavy (non-hydrogen) atoms. The molecule has 0 amide bonds. The SMILES string of the molecule is C=Cc1ccccc1.CC(C)(C)O.O.c1ccc(-c2nnc(-c3ccccn3)nn2)nc1.c1ccc([N+]2=C(c3ccccn3)NN=C(c3ccccn3)N2)cc1. The first-order valence-corrected chi connectivity index (χ1v) is 17.2. The predicted octanol–water partition coefficient (Wildman–Crippen LogP) is 5.71. The van der Waals surface area contributed by atoms with Gasteiger partial charge in [0.2, 0.25) is 17.5 Å². The van der Waals surface area contributed by atoms with Crippen molar-refractivity contribution in [3.05, 3.63) is 182 Å². The van der Waals surface area contributed by atoms with Crippen LogP contribution in [0.25, 0.3) is 29.1 Å². The van der Waals surface area contributed by atoms with E-state index in [1.165, 1.54) is 5.56 Å². The predicted molar refractivity (Wildman–Crippen MR) is 218 cm³/mol. The fourth-order valence-corrected chi connectivity index (χ4v) is 4.42. The Morgan fingerprint density at radius 2 is 0.946 bits per heavy atom. The van der Waals surface area contributed by atoms with E-state index in [2.05, 4.69) is 62.9 Å². The number of rotatable bonds is 6. The Kier molecular flexibility index (Phi) is 15.7.